The molecule has 1 N–H and O–H groups in total. The number of nitrogens with one attached hydrogen (secondary N) is 1. The van der Waals surface area contributed by atoms with Gasteiger partial charge in [0.2, 0.25) is 7.28 Å². The standard InChI is InChI=1S/C64H49BN3O2S/c1-63(2,3)37-21-24-39(25-22-37)66-52-34-50-44-27-26-42(67(40-15-9-7-10-16-40)41-17-11-8-12-18-41)32-55(44)70-56(50)35-47(52)45-28-29-46-48-33-49-43-19-13-14-20-54(43)69-57(49)36-53(48)68-60(46)59(45)65-62-61(68)51-31-38(64(4,5)6)23-30-58(51)71-62/h7-36,66H,1-6H3. The monoisotopic (exact) mass is 934 g/mol. The second-order valence-corrected chi connectivity index (χ2v) is 22.4. The molecule has 0 aliphatic carbocycles. The summed E-state index contributed by atoms with van der Waals surface area (Å²) in [5.41, 5.74) is 18.3. The fraction of sp³-hybridized carbons (Fsp3) is 0.125. The maximum absolute atomic E-state index is 7.01. The van der Waals surface area contributed by atoms with E-state index in [0.717, 1.165) is 89.0 Å². The van der Waals surface area contributed by atoms with Crippen molar-refractivity contribution >= 4 is 133 Å². The van der Waals surface area contributed by atoms with Gasteiger partial charge in [0.05, 0.1) is 11.2 Å². The van der Waals surface area contributed by atoms with Crippen molar-refractivity contribution < 1.29 is 8.83 Å². The zero-order valence-corrected chi connectivity index (χ0v) is 41.3. The van der Waals surface area contributed by atoms with Crippen LogP contribution in [0.15, 0.2) is 191 Å². The number of anilines is 5. The van der Waals surface area contributed by atoms with Crippen LogP contribution in [0.3, 0.4) is 0 Å². The quantitative estimate of drug-likeness (QED) is 0.169. The predicted molar refractivity (Wildman–Crippen MR) is 303 cm³/mol. The number of thiophene rings is 1. The number of hydrogen-bond acceptors (Lipinski definition) is 5. The molecule has 71 heavy (non-hydrogen) atoms. The molecule has 7 heteroatoms. The van der Waals surface area contributed by atoms with E-state index in [2.05, 4.69) is 240 Å². The predicted octanol–water partition coefficient (Wildman–Crippen LogP) is 17.2. The summed E-state index contributed by atoms with van der Waals surface area (Å²) in [6, 6.07) is 65.9. The molecule has 1 radical (unpaired) electrons. The Morgan fingerprint density at radius 2 is 1.11 bits per heavy atom. The smallest absolute Gasteiger partial charge is 0.211 e. The third-order valence-electron chi connectivity index (χ3n) is 14.7. The Bertz CT molecular complexity index is 4260. The Labute approximate surface area is 416 Å². The minimum Gasteiger partial charge on any atom is -0.456 e. The van der Waals surface area contributed by atoms with Gasteiger partial charge in [-0.25, -0.2) is 0 Å². The Kier molecular flexibility index (Phi) is 9.01. The van der Waals surface area contributed by atoms with E-state index in [9.17, 15) is 0 Å². The number of furan rings is 2. The van der Waals surface area contributed by atoms with Gasteiger partial charge in [-0.1, -0.05) is 126 Å². The normalized spacial score (nSPS) is 12.8. The fourth-order valence-corrected chi connectivity index (χ4v) is 12.2. The minimum atomic E-state index is -0.00249. The lowest BCUT2D eigenvalue weighted by atomic mass is 9.63. The molecular formula is C64H49BN3O2S. The third kappa shape index (κ3) is 6.59. The molecule has 1 aliphatic rings. The van der Waals surface area contributed by atoms with Crippen molar-refractivity contribution in [3.8, 4) is 16.8 Å². The van der Waals surface area contributed by atoms with Gasteiger partial charge in [-0.2, -0.15) is 0 Å². The lowest BCUT2D eigenvalue weighted by Crippen LogP contribution is -2.35. The van der Waals surface area contributed by atoms with Gasteiger partial charge < -0.3 is 23.6 Å². The molecule has 0 saturated heterocycles. The van der Waals surface area contributed by atoms with E-state index in [1.54, 1.807) is 0 Å². The molecule has 14 rings (SSSR count). The van der Waals surface area contributed by atoms with Crippen LogP contribution in [0.5, 0.6) is 0 Å². The molecule has 0 amide bonds. The average molecular weight is 935 g/mol. The first-order valence-electron chi connectivity index (χ1n) is 24.6. The highest BCUT2D eigenvalue weighted by Gasteiger charge is 2.31. The number of hydrogen-bond donors (Lipinski definition) is 1. The van der Waals surface area contributed by atoms with E-state index in [0.29, 0.717) is 0 Å². The Morgan fingerprint density at radius 3 is 1.86 bits per heavy atom. The molecule has 1 aliphatic heterocycles. The fourth-order valence-electron chi connectivity index (χ4n) is 11.1. The van der Waals surface area contributed by atoms with Crippen molar-refractivity contribution in [2.75, 3.05) is 10.2 Å². The van der Waals surface area contributed by atoms with Gasteiger partial charge in [-0.3, -0.25) is 0 Å². The van der Waals surface area contributed by atoms with Crippen LogP contribution in [-0.4, -0.2) is 11.8 Å². The van der Waals surface area contributed by atoms with Crippen molar-refractivity contribution in [2.24, 2.45) is 0 Å². The SMILES string of the molecule is CC(C)(C)c1ccc(Nc2cc3c(cc2-c2ccc4c5cc6c(cc5n5c4c2[B]c2sc4ccc(C(C)(C)C)cc4c2-5)oc2ccccc26)oc2cc(N(c4ccccc4)c4ccccc4)ccc23)cc1. The van der Waals surface area contributed by atoms with Crippen LogP contribution in [0, 0.1) is 0 Å². The van der Waals surface area contributed by atoms with Crippen LogP contribution in [0.2, 0.25) is 0 Å². The van der Waals surface area contributed by atoms with Gasteiger partial charge in [0, 0.05) is 94.1 Å². The molecule has 0 spiro atoms. The van der Waals surface area contributed by atoms with Crippen LogP contribution in [-0.2, 0) is 10.8 Å². The molecule has 0 saturated carbocycles. The molecule has 341 valence electrons. The van der Waals surface area contributed by atoms with Gasteiger partial charge in [0.1, 0.15) is 22.3 Å². The molecule has 13 aromatic rings. The van der Waals surface area contributed by atoms with Crippen molar-refractivity contribution in [2.45, 2.75) is 52.4 Å². The van der Waals surface area contributed by atoms with E-state index in [-0.39, 0.29) is 10.8 Å². The molecule has 4 aromatic heterocycles. The van der Waals surface area contributed by atoms with Crippen LogP contribution >= 0.6 is 11.3 Å². The minimum absolute atomic E-state index is 0.00249. The summed E-state index contributed by atoms with van der Waals surface area (Å²) in [5, 5.41) is 12.0. The second kappa shape index (κ2) is 15.3. The maximum atomic E-state index is 7.01. The summed E-state index contributed by atoms with van der Waals surface area (Å²) < 4.78 is 18.7. The maximum Gasteiger partial charge on any atom is 0.211 e. The number of rotatable bonds is 6. The van der Waals surface area contributed by atoms with Crippen molar-refractivity contribution in [1.82, 2.24) is 4.57 Å². The zero-order valence-electron chi connectivity index (χ0n) is 40.5. The summed E-state index contributed by atoms with van der Waals surface area (Å²) in [5.74, 6) is 0. The van der Waals surface area contributed by atoms with Gasteiger partial charge >= 0.3 is 0 Å². The van der Waals surface area contributed by atoms with Crippen LogP contribution in [0.1, 0.15) is 52.7 Å². The van der Waals surface area contributed by atoms with E-state index < -0.39 is 0 Å². The Balaban J connectivity index is 1.02. The lowest BCUT2D eigenvalue weighted by Gasteiger charge is -2.25. The first-order valence-corrected chi connectivity index (χ1v) is 25.4. The van der Waals surface area contributed by atoms with Gasteiger partial charge in [-0.15, -0.1) is 11.3 Å². The number of fused-ring (bicyclic) bond motifs is 13. The Hall–Kier alpha value is -8.00. The first kappa shape index (κ1) is 41.9. The highest BCUT2D eigenvalue weighted by atomic mass is 32.1. The molecule has 9 aromatic carbocycles. The van der Waals surface area contributed by atoms with Crippen molar-refractivity contribution in [3.63, 3.8) is 0 Å². The van der Waals surface area contributed by atoms with Crippen molar-refractivity contribution in [1.29, 1.82) is 0 Å². The highest BCUT2D eigenvalue weighted by molar-refractivity contribution is 7.29. The summed E-state index contributed by atoms with van der Waals surface area (Å²) in [4.78, 5) is 2.28. The molecule has 0 atom stereocenters. The second-order valence-electron chi connectivity index (χ2n) is 21.3. The molecule has 5 heterocycles. The summed E-state index contributed by atoms with van der Waals surface area (Å²) >= 11 is 1.87. The van der Waals surface area contributed by atoms with Gasteiger partial charge in [0.25, 0.3) is 0 Å². The number of nitrogens with zero attached hydrogens (tertiary/aromatic N) is 2. The third-order valence-corrected chi connectivity index (χ3v) is 15.8. The van der Waals surface area contributed by atoms with Crippen LogP contribution in [0.25, 0.3) is 92.6 Å². The summed E-state index contributed by atoms with van der Waals surface area (Å²) in [6.45, 7) is 13.7. The largest absolute Gasteiger partial charge is 0.456 e. The molecule has 0 fully saturated rings. The molecular weight excluding hydrogens is 886 g/mol. The topological polar surface area (TPSA) is 46.5 Å². The Morgan fingerprint density at radius 1 is 0.479 bits per heavy atom. The van der Waals surface area contributed by atoms with Gasteiger partial charge in [0.15, 0.2) is 0 Å². The zero-order chi connectivity index (χ0) is 47.9. The van der Waals surface area contributed by atoms with E-state index in [1.807, 2.05) is 17.4 Å². The molecule has 5 nitrogen and oxygen atoms in total. The number of benzene rings is 9. The average Bonchev–Trinajstić information content (AvgIpc) is 4.12. The lowest BCUT2D eigenvalue weighted by molar-refractivity contribution is 0.590. The molecule has 0 unspecified atom stereocenters. The van der Waals surface area contributed by atoms with Crippen LogP contribution in [0.4, 0.5) is 28.4 Å². The van der Waals surface area contributed by atoms with E-state index in [4.69, 9.17) is 8.83 Å². The number of aromatic nitrogens is 1. The highest BCUT2D eigenvalue weighted by Crippen LogP contribution is 2.46. The number of para-hydroxylation sites is 3. The van der Waals surface area contributed by atoms with E-state index >= 15 is 0 Å². The summed E-state index contributed by atoms with van der Waals surface area (Å²) in [6.07, 6.45) is 0. The van der Waals surface area contributed by atoms with Crippen LogP contribution < -0.4 is 20.5 Å². The van der Waals surface area contributed by atoms with Gasteiger partial charge in [-0.05, 0) is 123 Å². The molecule has 0 bridgehead atoms. The summed E-state index contributed by atoms with van der Waals surface area (Å²) in [7, 11) is 2.45. The van der Waals surface area contributed by atoms with E-state index in [1.165, 1.54) is 53.4 Å². The van der Waals surface area contributed by atoms with Crippen molar-refractivity contribution in [3.05, 3.63) is 193 Å². The first-order chi connectivity index (χ1) is 34.4.